The third kappa shape index (κ3) is 5.66. The van der Waals surface area contributed by atoms with Gasteiger partial charge in [-0.2, -0.15) is 0 Å². The van der Waals surface area contributed by atoms with Crippen LogP contribution in [0.5, 0.6) is 0 Å². The van der Waals surface area contributed by atoms with Crippen LogP contribution in [0.25, 0.3) is 5.69 Å². The predicted molar refractivity (Wildman–Crippen MR) is 134 cm³/mol. The van der Waals surface area contributed by atoms with Gasteiger partial charge in [0.1, 0.15) is 5.82 Å². The number of halogens is 2. The van der Waals surface area contributed by atoms with E-state index >= 15 is 0 Å². The molecule has 0 aliphatic carbocycles. The molecule has 31 heavy (non-hydrogen) atoms. The van der Waals surface area contributed by atoms with Crippen molar-refractivity contribution < 1.29 is 0 Å². The zero-order valence-corrected chi connectivity index (χ0v) is 20.1. The first-order valence-corrected chi connectivity index (χ1v) is 12.7. The SMILES string of the molecule is Cc1ccc(CSc2nnc(CSCc3c(Cl)cccc3Cl)n2-c2ccccc2)cc1. The second-order valence-electron chi connectivity index (χ2n) is 7.04. The second-order valence-corrected chi connectivity index (χ2v) is 9.78. The number of hydrogen-bond acceptors (Lipinski definition) is 4. The summed E-state index contributed by atoms with van der Waals surface area (Å²) in [4.78, 5) is 0. The molecule has 3 aromatic carbocycles. The van der Waals surface area contributed by atoms with Crippen LogP contribution in [-0.2, 0) is 17.3 Å². The van der Waals surface area contributed by atoms with Crippen molar-refractivity contribution in [3.05, 3.63) is 105 Å². The summed E-state index contributed by atoms with van der Waals surface area (Å²) >= 11 is 16.1. The molecule has 0 N–H and O–H groups in total. The van der Waals surface area contributed by atoms with Crippen molar-refractivity contribution in [2.75, 3.05) is 0 Å². The van der Waals surface area contributed by atoms with Gasteiger partial charge >= 0.3 is 0 Å². The smallest absolute Gasteiger partial charge is 0.196 e. The van der Waals surface area contributed by atoms with E-state index < -0.39 is 0 Å². The first kappa shape index (κ1) is 22.3. The summed E-state index contributed by atoms with van der Waals surface area (Å²) < 4.78 is 2.14. The molecule has 0 amide bonds. The van der Waals surface area contributed by atoms with Gasteiger partial charge in [-0.15, -0.1) is 22.0 Å². The van der Waals surface area contributed by atoms with Crippen molar-refractivity contribution in [1.29, 1.82) is 0 Å². The van der Waals surface area contributed by atoms with Crippen molar-refractivity contribution in [1.82, 2.24) is 14.8 Å². The molecule has 3 nitrogen and oxygen atoms in total. The Morgan fingerprint density at radius 1 is 0.774 bits per heavy atom. The monoisotopic (exact) mass is 485 g/mol. The standard InChI is InChI=1S/C24H21Cl2N3S2/c1-17-10-12-18(13-11-17)14-31-24-28-27-23(29(24)19-6-3-2-4-7-19)16-30-15-20-21(25)8-5-9-22(20)26/h2-13H,14-16H2,1H3. The van der Waals surface area contributed by atoms with E-state index in [4.69, 9.17) is 23.2 Å². The van der Waals surface area contributed by atoms with Crippen molar-refractivity contribution >= 4 is 46.7 Å². The van der Waals surface area contributed by atoms with Gasteiger partial charge in [0, 0.05) is 27.2 Å². The largest absolute Gasteiger partial charge is 0.273 e. The molecule has 4 rings (SSSR count). The minimum Gasteiger partial charge on any atom is -0.273 e. The lowest BCUT2D eigenvalue weighted by molar-refractivity contribution is 0.864. The van der Waals surface area contributed by atoms with Crippen LogP contribution < -0.4 is 0 Å². The fraction of sp³-hybridized carbons (Fsp3) is 0.167. The Bertz CT molecular complexity index is 1130. The Hall–Kier alpha value is -1.92. The number of aryl methyl sites for hydroxylation is 1. The van der Waals surface area contributed by atoms with Gasteiger partial charge < -0.3 is 0 Å². The molecule has 1 aromatic heterocycles. The number of para-hydroxylation sites is 1. The molecule has 0 spiro atoms. The summed E-state index contributed by atoms with van der Waals surface area (Å²) in [6.45, 7) is 2.10. The van der Waals surface area contributed by atoms with Crippen molar-refractivity contribution in [2.24, 2.45) is 0 Å². The molecule has 1 heterocycles. The van der Waals surface area contributed by atoms with Gasteiger partial charge in [-0.05, 0) is 42.3 Å². The highest BCUT2D eigenvalue weighted by Crippen LogP contribution is 2.31. The Labute approximate surface area is 201 Å². The van der Waals surface area contributed by atoms with Gasteiger partial charge in [0.15, 0.2) is 5.16 Å². The van der Waals surface area contributed by atoms with Crippen LogP contribution in [0.2, 0.25) is 10.0 Å². The van der Waals surface area contributed by atoms with Gasteiger partial charge in [0.2, 0.25) is 0 Å². The molecule has 0 radical (unpaired) electrons. The maximum absolute atomic E-state index is 6.32. The van der Waals surface area contributed by atoms with E-state index in [-0.39, 0.29) is 0 Å². The van der Waals surface area contributed by atoms with Crippen molar-refractivity contribution in [2.45, 2.75) is 29.3 Å². The number of hydrogen-bond donors (Lipinski definition) is 0. The van der Waals surface area contributed by atoms with E-state index in [1.165, 1.54) is 11.1 Å². The molecule has 0 aliphatic rings. The highest BCUT2D eigenvalue weighted by atomic mass is 35.5. The normalized spacial score (nSPS) is 11.1. The fourth-order valence-corrected chi connectivity index (χ4v) is 5.67. The summed E-state index contributed by atoms with van der Waals surface area (Å²) in [5.41, 5.74) is 4.54. The fourth-order valence-electron chi connectivity index (χ4n) is 3.07. The zero-order valence-electron chi connectivity index (χ0n) is 17.0. The van der Waals surface area contributed by atoms with E-state index in [1.54, 1.807) is 23.5 Å². The van der Waals surface area contributed by atoms with E-state index in [0.29, 0.717) is 21.6 Å². The van der Waals surface area contributed by atoms with Crippen LogP contribution >= 0.6 is 46.7 Å². The Morgan fingerprint density at radius 3 is 2.19 bits per heavy atom. The first-order chi connectivity index (χ1) is 15.1. The molecule has 0 saturated carbocycles. The maximum Gasteiger partial charge on any atom is 0.196 e. The number of aromatic nitrogens is 3. The summed E-state index contributed by atoms with van der Waals surface area (Å²) in [5, 5.41) is 11.3. The number of rotatable bonds is 8. The van der Waals surface area contributed by atoms with E-state index in [1.807, 2.05) is 36.4 Å². The second kappa shape index (κ2) is 10.6. The van der Waals surface area contributed by atoms with Crippen LogP contribution in [0.15, 0.2) is 78.0 Å². The molecular formula is C24H21Cl2N3S2. The van der Waals surface area contributed by atoms with Crippen molar-refractivity contribution in [3.63, 3.8) is 0 Å². The molecule has 4 aromatic rings. The molecule has 0 saturated heterocycles. The minimum absolute atomic E-state index is 0.693. The summed E-state index contributed by atoms with van der Waals surface area (Å²) in [5.74, 6) is 3.17. The molecule has 0 atom stereocenters. The molecular weight excluding hydrogens is 465 g/mol. The molecule has 0 bridgehead atoms. The van der Waals surface area contributed by atoms with E-state index in [2.05, 4.69) is 58.1 Å². The predicted octanol–water partition coefficient (Wildman–Crippen LogP) is 7.61. The lowest BCUT2D eigenvalue weighted by atomic mass is 10.2. The van der Waals surface area contributed by atoms with Crippen LogP contribution in [0.3, 0.4) is 0 Å². The summed E-state index contributed by atoms with van der Waals surface area (Å²) in [7, 11) is 0. The third-order valence-electron chi connectivity index (χ3n) is 4.74. The molecule has 0 unspecified atom stereocenters. The maximum atomic E-state index is 6.32. The number of nitrogens with zero attached hydrogens (tertiary/aromatic N) is 3. The van der Waals surface area contributed by atoms with Gasteiger partial charge in [0.25, 0.3) is 0 Å². The van der Waals surface area contributed by atoms with Gasteiger partial charge in [-0.1, -0.05) is 89.1 Å². The van der Waals surface area contributed by atoms with Gasteiger partial charge in [-0.25, -0.2) is 0 Å². The number of thioether (sulfide) groups is 2. The average molecular weight is 486 g/mol. The lowest BCUT2D eigenvalue weighted by Gasteiger charge is -2.11. The highest BCUT2D eigenvalue weighted by molar-refractivity contribution is 7.98. The van der Waals surface area contributed by atoms with Gasteiger partial charge in [0.05, 0.1) is 5.75 Å². The van der Waals surface area contributed by atoms with Crippen LogP contribution in [0.1, 0.15) is 22.5 Å². The molecule has 0 aliphatic heterocycles. The Morgan fingerprint density at radius 2 is 1.48 bits per heavy atom. The molecule has 0 fully saturated rings. The first-order valence-electron chi connectivity index (χ1n) is 9.80. The summed E-state index contributed by atoms with van der Waals surface area (Å²) in [6.07, 6.45) is 0. The van der Waals surface area contributed by atoms with Crippen molar-refractivity contribution in [3.8, 4) is 5.69 Å². The topological polar surface area (TPSA) is 30.7 Å². The molecule has 7 heteroatoms. The molecule has 158 valence electrons. The van der Waals surface area contributed by atoms with Crippen LogP contribution in [0, 0.1) is 6.92 Å². The Kier molecular flexibility index (Phi) is 7.62. The number of benzene rings is 3. The van der Waals surface area contributed by atoms with Crippen LogP contribution in [-0.4, -0.2) is 14.8 Å². The lowest BCUT2D eigenvalue weighted by Crippen LogP contribution is -2.02. The zero-order chi connectivity index (χ0) is 21.6. The van der Waals surface area contributed by atoms with E-state index in [0.717, 1.165) is 28.0 Å². The highest BCUT2D eigenvalue weighted by Gasteiger charge is 2.15. The Balaban J connectivity index is 1.52. The minimum atomic E-state index is 0.693. The quantitative estimate of drug-likeness (QED) is 0.240. The average Bonchev–Trinajstić information content (AvgIpc) is 3.19. The third-order valence-corrected chi connectivity index (χ3v) is 7.41. The van der Waals surface area contributed by atoms with Crippen LogP contribution in [0.4, 0.5) is 0 Å². The summed E-state index contributed by atoms with van der Waals surface area (Å²) in [6, 6.07) is 24.4. The van der Waals surface area contributed by atoms with E-state index in [9.17, 15) is 0 Å². The van der Waals surface area contributed by atoms with Gasteiger partial charge in [-0.3, -0.25) is 4.57 Å².